The molecule has 138 valence electrons. The highest BCUT2D eigenvalue weighted by molar-refractivity contribution is 5.95. The topological polar surface area (TPSA) is 46.4 Å². The van der Waals surface area contributed by atoms with E-state index in [1.165, 1.54) is 18.3 Å². The monoisotopic (exact) mass is 371 g/mol. The van der Waals surface area contributed by atoms with Gasteiger partial charge >= 0.3 is 6.18 Å². The molecule has 0 saturated heterocycles. The SMILES string of the molecule is Cc1ccc(/C=N/NC(=O)c2cccc(C(F)(F)F)c2)n1-c1ccccc1. The second kappa shape index (κ2) is 7.49. The van der Waals surface area contributed by atoms with Crippen LogP contribution in [0.15, 0.2) is 71.8 Å². The zero-order valence-corrected chi connectivity index (χ0v) is 14.4. The third kappa shape index (κ3) is 4.25. The summed E-state index contributed by atoms with van der Waals surface area (Å²) in [4.78, 5) is 12.1. The molecule has 0 radical (unpaired) electrons. The molecule has 0 atom stereocenters. The largest absolute Gasteiger partial charge is 0.416 e. The molecule has 3 rings (SSSR count). The van der Waals surface area contributed by atoms with Gasteiger partial charge in [-0.15, -0.1) is 0 Å². The number of hydrogen-bond acceptors (Lipinski definition) is 2. The van der Waals surface area contributed by atoms with Crippen molar-refractivity contribution in [2.24, 2.45) is 5.10 Å². The van der Waals surface area contributed by atoms with Crippen molar-refractivity contribution in [1.82, 2.24) is 9.99 Å². The van der Waals surface area contributed by atoms with Crippen LogP contribution in [0.25, 0.3) is 5.69 Å². The first-order chi connectivity index (χ1) is 12.9. The summed E-state index contributed by atoms with van der Waals surface area (Å²) in [7, 11) is 0. The number of nitrogens with zero attached hydrogens (tertiary/aromatic N) is 2. The first-order valence-corrected chi connectivity index (χ1v) is 8.11. The summed E-state index contributed by atoms with van der Waals surface area (Å²) in [6.45, 7) is 1.94. The normalized spacial score (nSPS) is 11.7. The quantitative estimate of drug-likeness (QED) is 0.530. The van der Waals surface area contributed by atoms with Crippen LogP contribution in [-0.4, -0.2) is 16.7 Å². The van der Waals surface area contributed by atoms with Crippen molar-refractivity contribution in [2.75, 3.05) is 0 Å². The van der Waals surface area contributed by atoms with Crippen LogP contribution in [0.1, 0.15) is 27.3 Å². The van der Waals surface area contributed by atoms with Crippen LogP contribution in [0.5, 0.6) is 0 Å². The minimum Gasteiger partial charge on any atom is -0.313 e. The maximum atomic E-state index is 12.7. The predicted octanol–water partition coefficient (Wildman–Crippen LogP) is 4.57. The van der Waals surface area contributed by atoms with Gasteiger partial charge in [0.15, 0.2) is 0 Å². The van der Waals surface area contributed by atoms with Crippen LogP contribution in [0.3, 0.4) is 0 Å². The number of alkyl halides is 3. The summed E-state index contributed by atoms with van der Waals surface area (Å²) < 4.78 is 40.2. The number of benzene rings is 2. The summed E-state index contributed by atoms with van der Waals surface area (Å²) in [5.41, 5.74) is 3.91. The highest BCUT2D eigenvalue weighted by Gasteiger charge is 2.30. The smallest absolute Gasteiger partial charge is 0.313 e. The Morgan fingerprint density at radius 3 is 2.48 bits per heavy atom. The summed E-state index contributed by atoms with van der Waals surface area (Å²) in [6, 6.07) is 17.5. The van der Waals surface area contributed by atoms with E-state index >= 15 is 0 Å². The van der Waals surface area contributed by atoms with Gasteiger partial charge in [0.05, 0.1) is 17.5 Å². The van der Waals surface area contributed by atoms with E-state index in [9.17, 15) is 18.0 Å². The number of hydrogen-bond donors (Lipinski definition) is 1. The van der Waals surface area contributed by atoms with Crippen molar-refractivity contribution in [1.29, 1.82) is 0 Å². The second-order valence-electron chi connectivity index (χ2n) is 5.85. The van der Waals surface area contributed by atoms with E-state index < -0.39 is 17.6 Å². The van der Waals surface area contributed by atoms with E-state index in [1.54, 1.807) is 0 Å². The van der Waals surface area contributed by atoms with E-state index in [2.05, 4.69) is 10.5 Å². The van der Waals surface area contributed by atoms with Gasteiger partial charge in [0.1, 0.15) is 0 Å². The van der Waals surface area contributed by atoms with Crippen LogP contribution in [0, 0.1) is 6.92 Å². The van der Waals surface area contributed by atoms with Crippen molar-refractivity contribution >= 4 is 12.1 Å². The highest BCUT2D eigenvalue weighted by Crippen LogP contribution is 2.29. The minimum atomic E-state index is -4.51. The molecule has 3 aromatic rings. The molecular weight excluding hydrogens is 355 g/mol. The molecule has 0 bridgehead atoms. The lowest BCUT2D eigenvalue weighted by Gasteiger charge is -2.09. The fraction of sp³-hybridized carbons (Fsp3) is 0.100. The maximum absolute atomic E-state index is 12.7. The first-order valence-electron chi connectivity index (χ1n) is 8.11. The minimum absolute atomic E-state index is 0.114. The summed E-state index contributed by atoms with van der Waals surface area (Å²) >= 11 is 0. The standard InChI is InChI=1S/C20H16F3N3O/c1-14-10-11-18(26(14)17-8-3-2-4-9-17)13-24-25-19(27)15-6-5-7-16(12-15)20(21,22)23/h2-13H,1H3,(H,25,27)/b24-13+. The van der Waals surface area contributed by atoms with Gasteiger partial charge in [-0.25, -0.2) is 5.43 Å². The number of halogens is 3. The number of aryl methyl sites for hydroxylation is 1. The number of rotatable bonds is 4. The summed E-state index contributed by atoms with van der Waals surface area (Å²) in [5, 5.41) is 3.88. The number of aromatic nitrogens is 1. The Kier molecular flexibility index (Phi) is 5.12. The van der Waals surface area contributed by atoms with Crippen molar-refractivity contribution in [3.8, 4) is 5.69 Å². The molecule has 27 heavy (non-hydrogen) atoms. The van der Waals surface area contributed by atoms with Crippen LogP contribution in [0.4, 0.5) is 13.2 Å². The highest BCUT2D eigenvalue weighted by atomic mass is 19.4. The van der Waals surface area contributed by atoms with E-state index in [0.29, 0.717) is 0 Å². The molecule has 0 aliphatic rings. The van der Waals surface area contributed by atoms with Gasteiger partial charge in [0.2, 0.25) is 0 Å². The maximum Gasteiger partial charge on any atom is 0.416 e. The Labute approximate surface area is 153 Å². The molecule has 1 N–H and O–H groups in total. The van der Waals surface area contributed by atoms with Crippen molar-refractivity contribution in [3.05, 3.63) is 89.2 Å². The molecule has 0 saturated carbocycles. The molecule has 4 nitrogen and oxygen atoms in total. The van der Waals surface area contributed by atoms with Crippen LogP contribution in [0.2, 0.25) is 0 Å². The van der Waals surface area contributed by atoms with Crippen molar-refractivity contribution in [2.45, 2.75) is 13.1 Å². The van der Waals surface area contributed by atoms with Gasteiger partial charge in [0, 0.05) is 16.9 Å². The Bertz CT molecular complexity index is 976. The Morgan fingerprint density at radius 1 is 1.04 bits per heavy atom. The zero-order valence-electron chi connectivity index (χ0n) is 14.4. The van der Waals surface area contributed by atoms with E-state index in [4.69, 9.17) is 0 Å². The summed E-state index contributed by atoms with van der Waals surface area (Å²) in [6.07, 6.45) is -3.06. The van der Waals surface area contributed by atoms with E-state index in [-0.39, 0.29) is 5.56 Å². The Hall–Kier alpha value is -3.35. The van der Waals surface area contributed by atoms with Gasteiger partial charge in [-0.3, -0.25) is 4.79 Å². The number of carbonyl (C=O) groups excluding carboxylic acids is 1. The van der Waals surface area contributed by atoms with Gasteiger partial charge in [0.25, 0.3) is 5.91 Å². The molecule has 1 aromatic heterocycles. The average molecular weight is 371 g/mol. The molecule has 1 heterocycles. The first kappa shape index (κ1) is 18.4. The van der Waals surface area contributed by atoms with Gasteiger partial charge in [-0.05, 0) is 49.4 Å². The molecular formula is C20H16F3N3O. The number of para-hydroxylation sites is 1. The lowest BCUT2D eigenvalue weighted by Crippen LogP contribution is -2.19. The van der Waals surface area contributed by atoms with E-state index in [1.807, 2.05) is 54.0 Å². The van der Waals surface area contributed by atoms with Gasteiger partial charge in [-0.1, -0.05) is 24.3 Å². The predicted molar refractivity (Wildman–Crippen MR) is 97.0 cm³/mol. The van der Waals surface area contributed by atoms with Crippen LogP contribution < -0.4 is 5.43 Å². The van der Waals surface area contributed by atoms with Crippen molar-refractivity contribution < 1.29 is 18.0 Å². The third-order valence-electron chi connectivity index (χ3n) is 3.94. The fourth-order valence-electron chi connectivity index (χ4n) is 2.65. The van der Waals surface area contributed by atoms with Crippen molar-refractivity contribution in [3.63, 3.8) is 0 Å². The second-order valence-corrected chi connectivity index (χ2v) is 5.85. The van der Waals surface area contributed by atoms with Crippen LogP contribution >= 0.6 is 0 Å². The third-order valence-corrected chi connectivity index (χ3v) is 3.94. The molecule has 2 aromatic carbocycles. The fourth-order valence-corrected chi connectivity index (χ4v) is 2.65. The lowest BCUT2D eigenvalue weighted by atomic mass is 10.1. The summed E-state index contributed by atoms with van der Waals surface area (Å²) in [5.74, 6) is -0.716. The van der Waals surface area contributed by atoms with Gasteiger partial charge in [-0.2, -0.15) is 18.3 Å². The van der Waals surface area contributed by atoms with Crippen LogP contribution in [-0.2, 0) is 6.18 Å². The average Bonchev–Trinajstić information content (AvgIpc) is 3.02. The Balaban J connectivity index is 1.77. The number of nitrogens with one attached hydrogen (secondary N) is 1. The van der Waals surface area contributed by atoms with E-state index in [0.717, 1.165) is 29.2 Å². The van der Waals surface area contributed by atoms with Gasteiger partial charge < -0.3 is 4.57 Å². The molecule has 0 spiro atoms. The molecule has 1 amide bonds. The number of hydrazone groups is 1. The molecule has 0 aliphatic carbocycles. The zero-order chi connectivity index (χ0) is 19.4. The Morgan fingerprint density at radius 2 is 1.78 bits per heavy atom. The number of carbonyl (C=O) groups is 1. The molecule has 7 heteroatoms. The molecule has 0 fully saturated rings. The lowest BCUT2D eigenvalue weighted by molar-refractivity contribution is -0.137. The molecule has 0 aliphatic heterocycles. The molecule has 0 unspecified atom stereocenters. The number of amides is 1.